The number of hydrogen-bond acceptors (Lipinski definition) is 3. The quantitative estimate of drug-likeness (QED) is 0.645. The number of halogens is 1. The van der Waals surface area contributed by atoms with Gasteiger partial charge < -0.3 is 10.4 Å². The van der Waals surface area contributed by atoms with Gasteiger partial charge in [-0.25, -0.2) is 9.18 Å². The Balaban J connectivity index is 2.54. The van der Waals surface area contributed by atoms with Gasteiger partial charge in [-0.3, -0.25) is 0 Å². The minimum atomic E-state index is -1.02. The lowest BCUT2D eigenvalue weighted by Gasteiger charge is -2.03. The normalized spacial score (nSPS) is 10.7. The predicted octanol–water partition coefficient (Wildman–Crippen LogP) is 3.01. The van der Waals surface area contributed by atoms with Gasteiger partial charge in [-0.2, -0.15) is 0 Å². The second-order valence-electron chi connectivity index (χ2n) is 3.75. The summed E-state index contributed by atoms with van der Waals surface area (Å²) in [4.78, 5) is 11.4. The van der Waals surface area contributed by atoms with E-state index in [1.807, 2.05) is 0 Å². The van der Waals surface area contributed by atoms with E-state index in [-0.39, 0.29) is 10.7 Å². The highest BCUT2D eigenvalue weighted by Crippen LogP contribution is 2.33. The number of nitrogens with one attached hydrogen (secondary N) is 1. The summed E-state index contributed by atoms with van der Waals surface area (Å²) >= 11 is 1.10. The van der Waals surface area contributed by atoms with Gasteiger partial charge in [0.05, 0.1) is 0 Å². The average molecular weight is 265 g/mol. The first-order valence-corrected chi connectivity index (χ1v) is 6.21. The first-order chi connectivity index (χ1) is 8.65. The van der Waals surface area contributed by atoms with E-state index in [1.54, 1.807) is 18.2 Å². The molecule has 0 atom stereocenters. The number of thiophene rings is 1. The summed E-state index contributed by atoms with van der Waals surface area (Å²) in [5, 5.41) is 12.6. The number of carboxylic acid groups (broad SMARTS) is 1. The Bertz CT molecular complexity index is 606. The highest BCUT2D eigenvalue weighted by atomic mass is 32.1. The Kier molecular flexibility index (Phi) is 3.74. The van der Waals surface area contributed by atoms with Crippen molar-refractivity contribution in [1.82, 2.24) is 5.32 Å². The molecule has 2 rings (SSSR count). The summed E-state index contributed by atoms with van der Waals surface area (Å²) in [6, 6.07) is 4.66. The van der Waals surface area contributed by atoms with Crippen molar-refractivity contribution >= 4 is 27.4 Å². The van der Waals surface area contributed by atoms with Gasteiger partial charge in [0.25, 0.3) is 0 Å². The maximum absolute atomic E-state index is 13.8. The van der Waals surface area contributed by atoms with Crippen LogP contribution in [-0.2, 0) is 6.54 Å². The summed E-state index contributed by atoms with van der Waals surface area (Å²) in [6.07, 6.45) is 1.67. The molecule has 1 aromatic carbocycles. The fraction of sp³-hybridized carbons (Fsp3) is 0.154. The van der Waals surface area contributed by atoms with Crippen molar-refractivity contribution < 1.29 is 14.3 Å². The van der Waals surface area contributed by atoms with Crippen LogP contribution in [0.15, 0.2) is 30.9 Å². The molecule has 18 heavy (non-hydrogen) atoms. The third-order valence-electron chi connectivity index (χ3n) is 2.55. The Labute approximate surface area is 108 Å². The van der Waals surface area contributed by atoms with Crippen LogP contribution in [0.5, 0.6) is 0 Å². The fourth-order valence-corrected chi connectivity index (χ4v) is 2.88. The van der Waals surface area contributed by atoms with Gasteiger partial charge in [0, 0.05) is 28.7 Å². The van der Waals surface area contributed by atoms with Crippen molar-refractivity contribution in [3.05, 3.63) is 47.1 Å². The minimum Gasteiger partial charge on any atom is -0.477 e. The molecule has 2 N–H and O–H groups in total. The molecule has 0 aliphatic rings. The zero-order valence-corrected chi connectivity index (χ0v) is 10.4. The van der Waals surface area contributed by atoms with Crippen LogP contribution in [0.25, 0.3) is 10.1 Å². The molecule has 0 aliphatic heterocycles. The monoisotopic (exact) mass is 265 g/mol. The summed E-state index contributed by atoms with van der Waals surface area (Å²) in [7, 11) is 0. The molecule has 0 saturated carbocycles. The Morgan fingerprint density at radius 3 is 3.00 bits per heavy atom. The molecule has 0 amide bonds. The van der Waals surface area contributed by atoms with Crippen LogP contribution in [0.3, 0.4) is 0 Å². The summed E-state index contributed by atoms with van der Waals surface area (Å²) < 4.78 is 14.5. The standard InChI is InChI=1S/C13H12FNO2S/c1-2-6-15-7-8-11-9(14)4-3-5-10(11)18-12(8)13(16)17/h2-5,15H,1,6-7H2,(H,16,17). The molecule has 0 unspecified atom stereocenters. The van der Waals surface area contributed by atoms with Gasteiger partial charge >= 0.3 is 5.97 Å². The molecule has 3 nitrogen and oxygen atoms in total. The second-order valence-corrected chi connectivity index (χ2v) is 4.80. The third kappa shape index (κ3) is 2.27. The van der Waals surface area contributed by atoms with Crippen LogP contribution in [0, 0.1) is 5.82 Å². The van der Waals surface area contributed by atoms with Crippen molar-refractivity contribution in [3.63, 3.8) is 0 Å². The van der Waals surface area contributed by atoms with Gasteiger partial charge in [0.2, 0.25) is 0 Å². The van der Waals surface area contributed by atoms with Gasteiger partial charge in [-0.05, 0) is 12.1 Å². The molecular weight excluding hydrogens is 253 g/mol. The van der Waals surface area contributed by atoms with E-state index in [9.17, 15) is 9.18 Å². The number of carboxylic acids is 1. The average Bonchev–Trinajstić information content (AvgIpc) is 2.70. The zero-order chi connectivity index (χ0) is 13.1. The molecular formula is C13H12FNO2S. The largest absolute Gasteiger partial charge is 0.477 e. The number of rotatable bonds is 5. The topological polar surface area (TPSA) is 49.3 Å². The van der Waals surface area contributed by atoms with Gasteiger partial charge in [-0.1, -0.05) is 12.1 Å². The van der Waals surface area contributed by atoms with Crippen LogP contribution in [0.2, 0.25) is 0 Å². The molecule has 0 bridgehead atoms. The Hall–Kier alpha value is -1.72. The van der Waals surface area contributed by atoms with Crippen molar-refractivity contribution in [3.8, 4) is 0 Å². The molecule has 5 heteroatoms. The lowest BCUT2D eigenvalue weighted by Crippen LogP contribution is -2.14. The van der Waals surface area contributed by atoms with Crippen molar-refractivity contribution in [2.24, 2.45) is 0 Å². The summed E-state index contributed by atoms with van der Waals surface area (Å²) in [5.74, 6) is -1.40. The van der Waals surface area contributed by atoms with Crippen LogP contribution >= 0.6 is 11.3 Å². The molecule has 2 aromatic rings. The number of hydrogen-bond donors (Lipinski definition) is 2. The van der Waals surface area contributed by atoms with E-state index >= 15 is 0 Å². The lowest BCUT2D eigenvalue weighted by atomic mass is 10.1. The van der Waals surface area contributed by atoms with Gasteiger partial charge in [0.15, 0.2) is 0 Å². The van der Waals surface area contributed by atoms with E-state index in [0.29, 0.717) is 28.7 Å². The zero-order valence-electron chi connectivity index (χ0n) is 9.57. The predicted molar refractivity (Wildman–Crippen MR) is 70.6 cm³/mol. The Morgan fingerprint density at radius 1 is 1.56 bits per heavy atom. The highest BCUT2D eigenvalue weighted by Gasteiger charge is 2.19. The SMILES string of the molecule is C=CCNCc1c(C(=O)O)sc2cccc(F)c12. The summed E-state index contributed by atoms with van der Waals surface area (Å²) in [6.45, 7) is 4.43. The first kappa shape index (κ1) is 12.7. The highest BCUT2D eigenvalue weighted by molar-refractivity contribution is 7.21. The molecule has 0 fully saturated rings. The molecule has 0 aliphatic carbocycles. The first-order valence-electron chi connectivity index (χ1n) is 5.40. The second kappa shape index (κ2) is 5.29. The molecule has 0 radical (unpaired) electrons. The maximum Gasteiger partial charge on any atom is 0.346 e. The van der Waals surface area contributed by atoms with Crippen molar-refractivity contribution in [2.75, 3.05) is 6.54 Å². The summed E-state index contributed by atoms with van der Waals surface area (Å²) in [5.41, 5.74) is 0.502. The Morgan fingerprint density at radius 2 is 2.33 bits per heavy atom. The number of aromatic carboxylic acids is 1. The van der Waals surface area contributed by atoms with E-state index in [1.165, 1.54) is 6.07 Å². The van der Waals surface area contributed by atoms with E-state index in [2.05, 4.69) is 11.9 Å². The minimum absolute atomic E-state index is 0.187. The molecule has 94 valence electrons. The fourth-order valence-electron chi connectivity index (χ4n) is 1.81. The number of fused-ring (bicyclic) bond motifs is 1. The number of carbonyl (C=O) groups is 1. The van der Waals surface area contributed by atoms with Crippen LogP contribution < -0.4 is 5.32 Å². The smallest absolute Gasteiger partial charge is 0.346 e. The lowest BCUT2D eigenvalue weighted by molar-refractivity contribution is 0.0701. The van der Waals surface area contributed by atoms with Crippen molar-refractivity contribution in [1.29, 1.82) is 0 Å². The maximum atomic E-state index is 13.8. The van der Waals surface area contributed by atoms with Crippen LogP contribution in [0.1, 0.15) is 15.2 Å². The van der Waals surface area contributed by atoms with Crippen LogP contribution in [-0.4, -0.2) is 17.6 Å². The molecule has 1 heterocycles. The van der Waals surface area contributed by atoms with E-state index < -0.39 is 5.97 Å². The van der Waals surface area contributed by atoms with E-state index in [4.69, 9.17) is 5.11 Å². The van der Waals surface area contributed by atoms with Gasteiger partial charge in [0.1, 0.15) is 10.7 Å². The van der Waals surface area contributed by atoms with Gasteiger partial charge in [-0.15, -0.1) is 17.9 Å². The van der Waals surface area contributed by atoms with Crippen LogP contribution in [0.4, 0.5) is 4.39 Å². The molecule has 1 aromatic heterocycles. The van der Waals surface area contributed by atoms with E-state index in [0.717, 1.165) is 11.3 Å². The van der Waals surface area contributed by atoms with Crippen molar-refractivity contribution in [2.45, 2.75) is 6.54 Å². The molecule has 0 saturated heterocycles. The molecule has 0 spiro atoms. The number of benzene rings is 1. The third-order valence-corrected chi connectivity index (χ3v) is 3.73.